The van der Waals surface area contributed by atoms with E-state index in [0.29, 0.717) is 0 Å². The minimum absolute atomic E-state index is 0.830. The summed E-state index contributed by atoms with van der Waals surface area (Å²) in [6.45, 7) is 0. The molecule has 0 saturated carbocycles. The average Bonchev–Trinajstić information content (AvgIpc) is 2.72. The van der Waals surface area contributed by atoms with Gasteiger partial charge in [-0.1, -0.05) is 12.1 Å². The van der Waals surface area contributed by atoms with Gasteiger partial charge in [0.15, 0.2) is 0 Å². The maximum Gasteiger partial charge on any atom is 0.118 e. The van der Waals surface area contributed by atoms with E-state index in [4.69, 9.17) is 4.74 Å². The predicted molar refractivity (Wildman–Crippen MR) is 54.4 cm³/mol. The van der Waals surface area contributed by atoms with Gasteiger partial charge in [0, 0.05) is 18.8 Å². The number of nitrogens with one attached hydrogen (secondary N) is 1. The fourth-order valence-corrected chi connectivity index (χ4v) is 1.33. The third-order valence-corrected chi connectivity index (χ3v) is 2.09. The lowest BCUT2D eigenvalue weighted by molar-refractivity contribution is 0.414. The van der Waals surface area contributed by atoms with Gasteiger partial charge in [0.05, 0.1) is 7.11 Å². The lowest BCUT2D eigenvalue weighted by atomic mass is 10.1. The Hall–Kier alpha value is -1.77. The molecule has 3 heteroatoms. The van der Waals surface area contributed by atoms with Gasteiger partial charge in [0.25, 0.3) is 0 Å². The number of aromatic nitrogens is 2. The van der Waals surface area contributed by atoms with Crippen LogP contribution < -0.4 is 4.74 Å². The van der Waals surface area contributed by atoms with Gasteiger partial charge >= 0.3 is 0 Å². The number of hydrogen-bond acceptors (Lipinski definition) is 2. The molecular weight excluding hydrogens is 176 g/mol. The monoisotopic (exact) mass is 188 g/mol. The molecule has 1 N–H and O–H groups in total. The van der Waals surface area contributed by atoms with Crippen LogP contribution in [0.15, 0.2) is 36.7 Å². The number of benzene rings is 1. The molecule has 72 valence electrons. The maximum absolute atomic E-state index is 5.08. The van der Waals surface area contributed by atoms with Crippen molar-refractivity contribution >= 4 is 0 Å². The van der Waals surface area contributed by atoms with Crippen molar-refractivity contribution in [2.75, 3.05) is 7.11 Å². The number of imidazole rings is 1. The van der Waals surface area contributed by atoms with Crippen LogP contribution in [0, 0.1) is 0 Å². The quantitative estimate of drug-likeness (QED) is 0.800. The highest BCUT2D eigenvalue weighted by Gasteiger charge is 1.97. The van der Waals surface area contributed by atoms with Crippen LogP contribution in [0.2, 0.25) is 0 Å². The molecule has 0 radical (unpaired) electrons. The van der Waals surface area contributed by atoms with E-state index in [9.17, 15) is 0 Å². The van der Waals surface area contributed by atoms with Crippen LogP contribution in [-0.2, 0) is 6.42 Å². The molecule has 1 aromatic heterocycles. The topological polar surface area (TPSA) is 37.9 Å². The van der Waals surface area contributed by atoms with Crippen molar-refractivity contribution in [3.05, 3.63) is 48.0 Å². The molecule has 1 aromatic carbocycles. The summed E-state index contributed by atoms with van der Waals surface area (Å²) in [7, 11) is 1.67. The Morgan fingerprint density at radius 1 is 1.29 bits per heavy atom. The lowest BCUT2D eigenvalue weighted by Gasteiger charge is -2.01. The van der Waals surface area contributed by atoms with Gasteiger partial charge < -0.3 is 9.72 Å². The Morgan fingerprint density at radius 2 is 2.07 bits per heavy atom. The second kappa shape index (κ2) is 3.96. The van der Waals surface area contributed by atoms with E-state index in [2.05, 4.69) is 9.97 Å². The highest BCUT2D eigenvalue weighted by atomic mass is 16.5. The van der Waals surface area contributed by atoms with Gasteiger partial charge in [-0.25, -0.2) is 4.98 Å². The molecule has 0 saturated heterocycles. The van der Waals surface area contributed by atoms with E-state index in [0.717, 1.165) is 18.0 Å². The minimum atomic E-state index is 0.830. The number of aromatic amines is 1. The first kappa shape index (κ1) is 8.81. The molecule has 0 unspecified atom stereocenters. The molecule has 3 nitrogen and oxygen atoms in total. The van der Waals surface area contributed by atoms with Crippen LogP contribution >= 0.6 is 0 Å². The fraction of sp³-hybridized carbons (Fsp3) is 0.182. The van der Waals surface area contributed by atoms with E-state index in [1.165, 1.54) is 5.56 Å². The summed E-state index contributed by atoms with van der Waals surface area (Å²) in [5.74, 6) is 1.86. The first-order valence-electron chi connectivity index (χ1n) is 4.49. The second-order valence-corrected chi connectivity index (χ2v) is 3.06. The Kier molecular flexibility index (Phi) is 2.49. The molecule has 0 fully saturated rings. The van der Waals surface area contributed by atoms with Crippen LogP contribution in [0.25, 0.3) is 0 Å². The molecule has 2 rings (SSSR count). The molecule has 0 atom stereocenters. The Morgan fingerprint density at radius 3 is 2.64 bits per heavy atom. The largest absolute Gasteiger partial charge is 0.497 e. The van der Waals surface area contributed by atoms with E-state index < -0.39 is 0 Å². The van der Waals surface area contributed by atoms with E-state index in [1.807, 2.05) is 30.5 Å². The molecule has 0 aliphatic carbocycles. The van der Waals surface area contributed by atoms with Crippen molar-refractivity contribution in [2.24, 2.45) is 0 Å². The predicted octanol–water partition coefficient (Wildman–Crippen LogP) is 2.01. The molecule has 0 bridgehead atoms. The summed E-state index contributed by atoms with van der Waals surface area (Å²) in [4.78, 5) is 7.24. The first-order chi connectivity index (χ1) is 6.88. The van der Waals surface area contributed by atoms with Crippen LogP contribution in [0.4, 0.5) is 0 Å². The summed E-state index contributed by atoms with van der Waals surface area (Å²) in [5, 5.41) is 0. The summed E-state index contributed by atoms with van der Waals surface area (Å²) in [6, 6.07) is 8.00. The lowest BCUT2D eigenvalue weighted by Crippen LogP contribution is -1.90. The van der Waals surface area contributed by atoms with Crippen molar-refractivity contribution in [2.45, 2.75) is 6.42 Å². The van der Waals surface area contributed by atoms with Gasteiger partial charge in [-0.3, -0.25) is 0 Å². The van der Waals surface area contributed by atoms with Crippen molar-refractivity contribution in [3.63, 3.8) is 0 Å². The van der Waals surface area contributed by atoms with Crippen LogP contribution in [0.5, 0.6) is 5.75 Å². The van der Waals surface area contributed by atoms with Crippen LogP contribution in [0.3, 0.4) is 0 Å². The van der Waals surface area contributed by atoms with Gasteiger partial charge in [0.2, 0.25) is 0 Å². The molecule has 1 heterocycles. The van der Waals surface area contributed by atoms with Crippen molar-refractivity contribution in [1.82, 2.24) is 9.97 Å². The maximum atomic E-state index is 5.08. The Labute approximate surface area is 82.8 Å². The normalized spacial score (nSPS) is 10.1. The second-order valence-electron chi connectivity index (χ2n) is 3.06. The van der Waals surface area contributed by atoms with Gasteiger partial charge in [-0.2, -0.15) is 0 Å². The molecule has 2 aromatic rings. The number of nitrogens with zero attached hydrogens (tertiary/aromatic N) is 1. The van der Waals surface area contributed by atoms with E-state index in [-0.39, 0.29) is 0 Å². The molecule has 0 amide bonds. The number of rotatable bonds is 3. The van der Waals surface area contributed by atoms with Crippen LogP contribution in [0.1, 0.15) is 11.4 Å². The van der Waals surface area contributed by atoms with Crippen molar-refractivity contribution in [3.8, 4) is 5.75 Å². The Balaban J connectivity index is 2.10. The minimum Gasteiger partial charge on any atom is -0.497 e. The zero-order valence-electron chi connectivity index (χ0n) is 8.03. The number of ether oxygens (including phenoxy) is 1. The Bertz CT molecular complexity index is 378. The van der Waals surface area contributed by atoms with Crippen molar-refractivity contribution < 1.29 is 4.74 Å². The average molecular weight is 188 g/mol. The SMILES string of the molecule is COc1ccc(Cc2ncc[nH]2)cc1. The summed E-state index contributed by atoms with van der Waals surface area (Å²) < 4.78 is 5.08. The van der Waals surface area contributed by atoms with Gasteiger partial charge in [-0.15, -0.1) is 0 Å². The molecule has 0 aliphatic heterocycles. The number of H-pyrrole nitrogens is 1. The molecule has 14 heavy (non-hydrogen) atoms. The third-order valence-electron chi connectivity index (χ3n) is 2.09. The zero-order valence-corrected chi connectivity index (χ0v) is 8.03. The van der Waals surface area contributed by atoms with Gasteiger partial charge in [0.1, 0.15) is 11.6 Å². The summed E-state index contributed by atoms with van der Waals surface area (Å²) in [6.07, 6.45) is 4.43. The first-order valence-corrected chi connectivity index (χ1v) is 4.49. The molecular formula is C11H12N2O. The highest BCUT2D eigenvalue weighted by Crippen LogP contribution is 2.12. The smallest absolute Gasteiger partial charge is 0.118 e. The highest BCUT2D eigenvalue weighted by molar-refractivity contribution is 5.28. The molecule has 0 spiro atoms. The number of methoxy groups -OCH3 is 1. The van der Waals surface area contributed by atoms with E-state index >= 15 is 0 Å². The zero-order chi connectivity index (χ0) is 9.80. The van der Waals surface area contributed by atoms with Crippen LogP contribution in [-0.4, -0.2) is 17.1 Å². The third kappa shape index (κ3) is 1.93. The molecule has 0 aliphatic rings. The summed E-state index contributed by atoms with van der Waals surface area (Å²) >= 11 is 0. The van der Waals surface area contributed by atoms with Crippen molar-refractivity contribution in [1.29, 1.82) is 0 Å². The van der Waals surface area contributed by atoms with Gasteiger partial charge in [-0.05, 0) is 17.7 Å². The fourth-order valence-electron chi connectivity index (χ4n) is 1.33. The summed E-state index contributed by atoms with van der Waals surface area (Å²) in [5.41, 5.74) is 1.22. The van der Waals surface area contributed by atoms with E-state index in [1.54, 1.807) is 13.3 Å². The number of hydrogen-bond donors (Lipinski definition) is 1. The standard InChI is InChI=1S/C11H12N2O/c1-14-10-4-2-9(3-5-10)8-11-12-6-7-13-11/h2-7H,8H2,1H3,(H,12,13).